The first kappa shape index (κ1) is 10.2. The van der Waals surface area contributed by atoms with E-state index in [0.717, 1.165) is 22.2 Å². The number of pyridine rings is 1. The average Bonchev–Trinajstić information content (AvgIpc) is 2.22. The van der Waals surface area contributed by atoms with Crippen LogP contribution in [0.5, 0.6) is 5.75 Å². The minimum atomic E-state index is 0.534. The number of hydrogen-bond donors (Lipinski definition) is 0. The average molecular weight is 222 g/mol. The lowest BCUT2D eigenvalue weighted by atomic mass is 10.1. The number of aromatic nitrogens is 1. The number of fused-ring (bicyclic) bond motifs is 1. The summed E-state index contributed by atoms with van der Waals surface area (Å²) in [5, 5.41) is 1.63. The highest BCUT2D eigenvalue weighted by Gasteiger charge is 2.08. The van der Waals surface area contributed by atoms with Crippen LogP contribution in [-0.2, 0) is 0 Å². The second kappa shape index (κ2) is 3.70. The maximum absolute atomic E-state index is 6.00. The summed E-state index contributed by atoms with van der Waals surface area (Å²) in [6.07, 6.45) is 0. The Balaban J connectivity index is 2.88. The largest absolute Gasteiger partial charge is 0.494 e. The molecule has 0 aliphatic rings. The highest BCUT2D eigenvalue weighted by molar-refractivity contribution is 6.30. The predicted molar refractivity (Wildman–Crippen MR) is 62.8 cm³/mol. The number of ether oxygens (including phenoxy) is 1. The quantitative estimate of drug-likeness (QED) is 0.688. The number of aryl methyl sites for hydroxylation is 2. The fraction of sp³-hybridized carbons (Fsp3) is 0.250. The number of benzene rings is 1. The zero-order valence-electron chi connectivity index (χ0n) is 8.97. The molecular weight excluding hydrogens is 210 g/mol. The minimum absolute atomic E-state index is 0.534. The van der Waals surface area contributed by atoms with Crippen molar-refractivity contribution in [2.24, 2.45) is 0 Å². The number of nitrogens with zero attached hydrogens (tertiary/aromatic N) is 1. The van der Waals surface area contributed by atoms with E-state index in [9.17, 15) is 0 Å². The molecule has 0 N–H and O–H groups in total. The molecular formula is C12H12ClNO. The fourth-order valence-electron chi connectivity index (χ4n) is 1.61. The molecule has 2 nitrogen and oxygen atoms in total. The molecule has 0 spiro atoms. The van der Waals surface area contributed by atoms with E-state index >= 15 is 0 Å². The van der Waals surface area contributed by atoms with E-state index in [1.807, 2.05) is 25.1 Å². The summed E-state index contributed by atoms with van der Waals surface area (Å²) >= 11 is 6.00. The van der Waals surface area contributed by atoms with E-state index in [1.165, 1.54) is 5.56 Å². The molecule has 78 valence electrons. The summed E-state index contributed by atoms with van der Waals surface area (Å²) in [5.41, 5.74) is 2.99. The number of hydrogen-bond acceptors (Lipinski definition) is 2. The third-order valence-electron chi connectivity index (χ3n) is 2.51. The molecule has 1 heterocycles. The monoisotopic (exact) mass is 221 g/mol. The number of methoxy groups -OCH3 is 1. The van der Waals surface area contributed by atoms with E-state index in [-0.39, 0.29) is 0 Å². The molecule has 15 heavy (non-hydrogen) atoms. The lowest BCUT2D eigenvalue weighted by molar-refractivity contribution is 0.419. The van der Waals surface area contributed by atoms with Gasteiger partial charge in [0, 0.05) is 5.39 Å². The lowest BCUT2D eigenvalue weighted by Gasteiger charge is -2.08. The number of halogens is 1. The molecule has 1 aromatic heterocycles. The van der Waals surface area contributed by atoms with Gasteiger partial charge in [0.15, 0.2) is 0 Å². The van der Waals surface area contributed by atoms with Crippen LogP contribution in [0.15, 0.2) is 18.2 Å². The van der Waals surface area contributed by atoms with Crippen LogP contribution in [0.2, 0.25) is 5.15 Å². The zero-order valence-corrected chi connectivity index (χ0v) is 9.72. The Bertz CT molecular complexity index is 523. The number of rotatable bonds is 1. The van der Waals surface area contributed by atoms with Gasteiger partial charge in [0.1, 0.15) is 16.4 Å². The molecule has 0 fully saturated rings. The Morgan fingerprint density at radius 3 is 2.60 bits per heavy atom. The summed E-state index contributed by atoms with van der Waals surface area (Å²) in [6.45, 7) is 4.00. The smallest absolute Gasteiger partial charge is 0.145 e. The van der Waals surface area contributed by atoms with Gasteiger partial charge in [-0.2, -0.15) is 0 Å². The molecule has 0 atom stereocenters. The van der Waals surface area contributed by atoms with E-state index in [0.29, 0.717) is 5.15 Å². The Kier molecular flexibility index (Phi) is 2.53. The normalized spacial score (nSPS) is 10.7. The van der Waals surface area contributed by atoms with Gasteiger partial charge in [0.2, 0.25) is 0 Å². The van der Waals surface area contributed by atoms with Crippen LogP contribution in [-0.4, -0.2) is 12.1 Å². The second-order valence-corrected chi connectivity index (χ2v) is 3.93. The second-order valence-electron chi connectivity index (χ2n) is 3.58. The zero-order chi connectivity index (χ0) is 11.0. The topological polar surface area (TPSA) is 22.1 Å². The molecule has 0 saturated carbocycles. The minimum Gasteiger partial charge on any atom is -0.494 e. The van der Waals surface area contributed by atoms with Gasteiger partial charge in [0.05, 0.1) is 7.11 Å². The van der Waals surface area contributed by atoms with Crippen molar-refractivity contribution >= 4 is 22.5 Å². The van der Waals surface area contributed by atoms with Crippen molar-refractivity contribution < 1.29 is 4.74 Å². The van der Waals surface area contributed by atoms with Crippen molar-refractivity contribution in [1.82, 2.24) is 4.98 Å². The highest BCUT2D eigenvalue weighted by Crippen LogP contribution is 2.29. The molecule has 2 rings (SSSR count). The van der Waals surface area contributed by atoms with Crippen LogP contribution < -0.4 is 4.74 Å². The van der Waals surface area contributed by atoms with Crippen molar-refractivity contribution in [2.45, 2.75) is 13.8 Å². The SMILES string of the molecule is COc1ccc(C)c2cc(C)c(Cl)nc12. The van der Waals surface area contributed by atoms with Crippen LogP contribution in [0, 0.1) is 13.8 Å². The molecule has 0 unspecified atom stereocenters. The van der Waals surface area contributed by atoms with Crippen LogP contribution >= 0.6 is 11.6 Å². The molecule has 0 bridgehead atoms. The molecule has 0 aliphatic carbocycles. The summed E-state index contributed by atoms with van der Waals surface area (Å²) in [7, 11) is 1.64. The van der Waals surface area contributed by atoms with Crippen molar-refractivity contribution in [3.8, 4) is 5.75 Å². The third kappa shape index (κ3) is 1.65. The Morgan fingerprint density at radius 1 is 1.20 bits per heavy atom. The molecule has 1 aromatic carbocycles. The molecule has 0 saturated heterocycles. The van der Waals surface area contributed by atoms with Crippen molar-refractivity contribution in [1.29, 1.82) is 0 Å². The molecule has 3 heteroatoms. The third-order valence-corrected chi connectivity index (χ3v) is 2.90. The highest BCUT2D eigenvalue weighted by atomic mass is 35.5. The van der Waals surface area contributed by atoms with E-state index in [2.05, 4.69) is 11.9 Å². The van der Waals surface area contributed by atoms with Crippen LogP contribution in [0.3, 0.4) is 0 Å². The summed E-state index contributed by atoms with van der Waals surface area (Å²) in [4.78, 5) is 4.35. The maximum Gasteiger partial charge on any atom is 0.145 e. The first-order valence-electron chi connectivity index (χ1n) is 4.74. The van der Waals surface area contributed by atoms with Crippen LogP contribution in [0.25, 0.3) is 10.9 Å². The van der Waals surface area contributed by atoms with Gasteiger partial charge in [-0.05, 0) is 37.1 Å². The standard InChI is InChI=1S/C12H12ClNO/c1-7-4-5-10(15-3)11-9(7)6-8(2)12(13)14-11/h4-6H,1-3H3. The van der Waals surface area contributed by atoms with Gasteiger partial charge in [-0.3, -0.25) is 0 Å². The summed E-state index contributed by atoms with van der Waals surface area (Å²) < 4.78 is 5.26. The molecule has 0 amide bonds. The van der Waals surface area contributed by atoms with Crippen molar-refractivity contribution in [3.05, 3.63) is 34.5 Å². The van der Waals surface area contributed by atoms with Gasteiger partial charge in [0.25, 0.3) is 0 Å². The van der Waals surface area contributed by atoms with Crippen LogP contribution in [0.4, 0.5) is 0 Å². The van der Waals surface area contributed by atoms with E-state index in [4.69, 9.17) is 16.3 Å². The van der Waals surface area contributed by atoms with Crippen molar-refractivity contribution in [3.63, 3.8) is 0 Å². The van der Waals surface area contributed by atoms with Crippen LogP contribution in [0.1, 0.15) is 11.1 Å². The predicted octanol–water partition coefficient (Wildman–Crippen LogP) is 3.51. The Labute approximate surface area is 93.8 Å². The van der Waals surface area contributed by atoms with Gasteiger partial charge < -0.3 is 4.74 Å². The van der Waals surface area contributed by atoms with Gasteiger partial charge in [-0.25, -0.2) is 4.98 Å². The summed E-state index contributed by atoms with van der Waals surface area (Å²) in [5.74, 6) is 0.762. The van der Waals surface area contributed by atoms with E-state index in [1.54, 1.807) is 7.11 Å². The van der Waals surface area contributed by atoms with Gasteiger partial charge in [-0.15, -0.1) is 0 Å². The fourth-order valence-corrected chi connectivity index (χ4v) is 1.75. The molecule has 0 radical (unpaired) electrons. The first-order valence-corrected chi connectivity index (χ1v) is 5.11. The summed E-state index contributed by atoms with van der Waals surface area (Å²) in [6, 6.07) is 5.98. The van der Waals surface area contributed by atoms with Crippen molar-refractivity contribution in [2.75, 3.05) is 7.11 Å². The Morgan fingerprint density at radius 2 is 1.93 bits per heavy atom. The van der Waals surface area contributed by atoms with E-state index < -0.39 is 0 Å². The lowest BCUT2D eigenvalue weighted by Crippen LogP contribution is -1.91. The Hall–Kier alpha value is -1.28. The molecule has 2 aromatic rings. The molecule has 0 aliphatic heterocycles. The maximum atomic E-state index is 6.00. The van der Waals surface area contributed by atoms with Gasteiger partial charge >= 0.3 is 0 Å². The first-order chi connectivity index (χ1) is 7.13. The van der Waals surface area contributed by atoms with Gasteiger partial charge in [-0.1, -0.05) is 17.7 Å².